The lowest BCUT2D eigenvalue weighted by Crippen LogP contribution is -2.38. The summed E-state index contributed by atoms with van der Waals surface area (Å²) in [6, 6.07) is 3.16. The summed E-state index contributed by atoms with van der Waals surface area (Å²) in [6.45, 7) is 4.36. The first-order valence-electron chi connectivity index (χ1n) is 6.87. The fourth-order valence-electron chi connectivity index (χ4n) is 2.68. The van der Waals surface area contributed by atoms with Crippen LogP contribution in [0.5, 0.6) is 0 Å². The van der Waals surface area contributed by atoms with Crippen LogP contribution < -0.4 is 5.73 Å². The van der Waals surface area contributed by atoms with Crippen LogP contribution in [0.1, 0.15) is 48.5 Å². The smallest absolute Gasteiger partial charge is 0.257 e. The van der Waals surface area contributed by atoms with Crippen LogP contribution in [-0.4, -0.2) is 23.4 Å². The molecule has 0 aliphatic carbocycles. The second-order valence-electron chi connectivity index (χ2n) is 5.40. The van der Waals surface area contributed by atoms with E-state index >= 15 is 0 Å². The van der Waals surface area contributed by atoms with Gasteiger partial charge in [-0.05, 0) is 44.4 Å². The summed E-state index contributed by atoms with van der Waals surface area (Å²) in [4.78, 5) is 14.3. The summed E-state index contributed by atoms with van der Waals surface area (Å²) >= 11 is 0. The molecular formula is C15H21FN2O. The molecule has 0 bridgehead atoms. The van der Waals surface area contributed by atoms with Gasteiger partial charge in [-0.1, -0.05) is 12.8 Å². The molecular weight excluding hydrogens is 243 g/mol. The van der Waals surface area contributed by atoms with E-state index in [9.17, 15) is 9.18 Å². The molecule has 19 heavy (non-hydrogen) atoms. The van der Waals surface area contributed by atoms with Crippen molar-refractivity contribution in [3.05, 3.63) is 29.1 Å². The average molecular weight is 264 g/mol. The number of carbonyl (C=O) groups excluding carboxylic acids is 1. The Morgan fingerprint density at radius 1 is 1.37 bits per heavy atom. The number of halogens is 1. The molecule has 0 spiro atoms. The Bertz CT molecular complexity index is 487. The van der Waals surface area contributed by atoms with Crippen molar-refractivity contribution in [1.82, 2.24) is 4.90 Å². The highest BCUT2D eigenvalue weighted by atomic mass is 19.1. The number of hydrogen-bond donors (Lipinski definition) is 1. The summed E-state index contributed by atoms with van der Waals surface area (Å²) in [5, 5.41) is 0. The van der Waals surface area contributed by atoms with Crippen molar-refractivity contribution in [3.8, 4) is 0 Å². The molecule has 1 aromatic rings. The minimum atomic E-state index is -0.448. The van der Waals surface area contributed by atoms with E-state index in [1.807, 2.05) is 6.92 Å². The Kier molecular flexibility index (Phi) is 4.08. The molecule has 104 valence electrons. The average Bonchev–Trinajstić information content (AvgIpc) is 2.57. The van der Waals surface area contributed by atoms with Crippen LogP contribution in [-0.2, 0) is 0 Å². The minimum Gasteiger partial charge on any atom is -0.399 e. The number of nitrogens with zero attached hydrogens (tertiary/aromatic N) is 1. The number of aryl methyl sites for hydroxylation is 1. The van der Waals surface area contributed by atoms with E-state index in [4.69, 9.17) is 5.73 Å². The molecule has 0 aromatic heterocycles. The van der Waals surface area contributed by atoms with Gasteiger partial charge in [0, 0.05) is 18.3 Å². The molecule has 1 atom stereocenters. The number of nitrogens with two attached hydrogens (primary N) is 1. The quantitative estimate of drug-likeness (QED) is 0.792. The summed E-state index contributed by atoms with van der Waals surface area (Å²) in [5.74, 6) is -0.682. The largest absolute Gasteiger partial charge is 0.399 e. The number of amides is 1. The molecule has 1 aliphatic rings. The lowest BCUT2D eigenvalue weighted by molar-refractivity contribution is 0.0693. The molecule has 2 rings (SSSR count). The van der Waals surface area contributed by atoms with Crippen LogP contribution in [0.15, 0.2) is 12.1 Å². The maximum Gasteiger partial charge on any atom is 0.257 e. The van der Waals surface area contributed by atoms with Gasteiger partial charge in [-0.25, -0.2) is 4.39 Å². The lowest BCUT2D eigenvalue weighted by Gasteiger charge is -2.27. The standard InChI is InChI=1S/C15H21FN2O/c1-10-8-12(17)9-13(14(10)16)15(19)18-7-5-3-4-6-11(18)2/h8-9,11H,3-7,17H2,1-2H3. The fraction of sp³-hybridized carbons (Fsp3) is 0.533. The highest BCUT2D eigenvalue weighted by Gasteiger charge is 2.25. The van der Waals surface area contributed by atoms with Gasteiger partial charge < -0.3 is 10.6 Å². The Hall–Kier alpha value is -1.58. The van der Waals surface area contributed by atoms with Crippen molar-refractivity contribution in [2.45, 2.75) is 45.6 Å². The third kappa shape index (κ3) is 2.88. The van der Waals surface area contributed by atoms with Crippen LogP contribution in [0.2, 0.25) is 0 Å². The molecule has 1 unspecified atom stereocenters. The Morgan fingerprint density at radius 2 is 2.11 bits per heavy atom. The van der Waals surface area contributed by atoms with Gasteiger partial charge in [-0.3, -0.25) is 4.79 Å². The van der Waals surface area contributed by atoms with E-state index in [0.717, 1.165) is 25.7 Å². The van der Waals surface area contributed by atoms with Crippen molar-refractivity contribution in [2.75, 3.05) is 12.3 Å². The van der Waals surface area contributed by atoms with E-state index in [-0.39, 0.29) is 17.5 Å². The van der Waals surface area contributed by atoms with Gasteiger partial charge in [0.1, 0.15) is 5.82 Å². The summed E-state index contributed by atoms with van der Waals surface area (Å²) in [6.07, 6.45) is 4.23. The molecule has 1 heterocycles. The SMILES string of the molecule is Cc1cc(N)cc(C(=O)N2CCCCCC2C)c1F. The third-order valence-corrected chi connectivity index (χ3v) is 3.82. The highest BCUT2D eigenvalue weighted by Crippen LogP contribution is 2.23. The Balaban J connectivity index is 2.32. The van der Waals surface area contributed by atoms with E-state index < -0.39 is 5.82 Å². The van der Waals surface area contributed by atoms with Crippen molar-refractivity contribution in [1.29, 1.82) is 0 Å². The Labute approximate surface area is 113 Å². The van der Waals surface area contributed by atoms with Gasteiger partial charge in [-0.2, -0.15) is 0 Å². The monoisotopic (exact) mass is 264 g/mol. The maximum atomic E-state index is 14.1. The molecule has 1 aliphatic heterocycles. The second kappa shape index (κ2) is 5.59. The van der Waals surface area contributed by atoms with Crippen molar-refractivity contribution >= 4 is 11.6 Å². The summed E-state index contributed by atoms with van der Waals surface area (Å²) in [5.41, 5.74) is 6.68. The highest BCUT2D eigenvalue weighted by molar-refractivity contribution is 5.95. The van der Waals surface area contributed by atoms with Gasteiger partial charge in [0.05, 0.1) is 5.56 Å². The molecule has 2 N–H and O–H groups in total. The van der Waals surface area contributed by atoms with Crippen LogP contribution in [0.25, 0.3) is 0 Å². The molecule has 0 saturated carbocycles. The zero-order valence-electron chi connectivity index (χ0n) is 11.6. The van der Waals surface area contributed by atoms with Gasteiger partial charge in [0.2, 0.25) is 0 Å². The Morgan fingerprint density at radius 3 is 2.84 bits per heavy atom. The number of nitrogen functional groups attached to an aromatic ring is 1. The maximum absolute atomic E-state index is 14.1. The van der Waals surface area contributed by atoms with E-state index in [0.29, 0.717) is 17.8 Å². The van der Waals surface area contributed by atoms with Crippen molar-refractivity contribution in [3.63, 3.8) is 0 Å². The summed E-state index contributed by atoms with van der Waals surface area (Å²) < 4.78 is 14.1. The van der Waals surface area contributed by atoms with Gasteiger partial charge >= 0.3 is 0 Å². The third-order valence-electron chi connectivity index (χ3n) is 3.82. The van der Waals surface area contributed by atoms with Crippen LogP contribution in [0.4, 0.5) is 10.1 Å². The number of benzene rings is 1. The van der Waals surface area contributed by atoms with E-state index in [1.54, 1.807) is 17.9 Å². The van der Waals surface area contributed by atoms with E-state index in [2.05, 4.69) is 0 Å². The first kappa shape index (κ1) is 13.8. The zero-order valence-corrected chi connectivity index (χ0v) is 11.6. The predicted octanol–water partition coefficient (Wildman–Crippen LogP) is 3.12. The number of rotatable bonds is 1. The predicted molar refractivity (Wildman–Crippen MR) is 74.5 cm³/mol. The van der Waals surface area contributed by atoms with Gasteiger partial charge in [-0.15, -0.1) is 0 Å². The van der Waals surface area contributed by atoms with E-state index in [1.165, 1.54) is 6.07 Å². The summed E-state index contributed by atoms with van der Waals surface area (Å²) in [7, 11) is 0. The zero-order chi connectivity index (χ0) is 14.0. The van der Waals surface area contributed by atoms with Gasteiger partial charge in [0.25, 0.3) is 5.91 Å². The van der Waals surface area contributed by atoms with Crippen LogP contribution in [0, 0.1) is 12.7 Å². The normalized spacial score (nSPS) is 20.2. The second-order valence-corrected chi connectivity index (χ2v) is 5.40. The van der Waals surface area contributed by atoms with Crippen molar-refractivity contribution in [2.24, 2.45) is 0 Å². The first-order chi connectivity index (χ1) is 9.00. The first-order valence-corrected chi connectivity index (χ1v) is 6.87. The number of carbonyl (C=O) groups is 1. The molecule has 1 saturated heterocycles. The molecule has 4 heteroatoms. The molecule has 0 radical (unpaired) electrons. The fourth-order valence-corrected chi connectivity index (χ4v) is 2.68. The lowest BCUT2D eigenvalue weighted by atomic mass is 10.1. The molecule has 1 amide bonds. The number of likely N-dealkylation sites (tertiary alicyclic amines) is 1. The van der Waals surface area contributed by atoms with Crippen molar-refractivity contribution < 1.29 is 9.18 Å². The van der Waals surface area contributed by atoms with Crippen LogP contribution in [0.3, 0.4) is 0 Å². The van der Waals surface area contributed by atoms with Crippen LogP contribution >= 0.6 is 0 Å². The van der Waals surface area contributed by atoms with Gasteiger partial charge in [0.15, 0.2) is 0 Å². The molecule has 1 aromatic carbocycles. The minimum absolute atomic E-state index is 0.103. The molecule has 3 nitrogen and oxygen atoms in total. The number of hydrogen-bond acceptors (Lipinski definition) is 2. The topological polar surface area (TPSA) is 46.3 Å². The number of anilines is 1. The molecule has 1 fully saturated rings.